The first-order valence-corrected chi connectivity index (χ1v) is 10.4. The SMILES string of the molecule is Cc1csc(S(=O)(=O)N2CCCC(S(=O)(=O)N(C)C)C2)c1. The summed E-state index contributed by atoms with van der Waals surface area (Å²) in [4.78, 5) is 0. The molecule has 0 saturated carbocycles. The van der Waals surface area contributed by atoms with E-state index < -0.39 is 25.3 Å². The fourth-order valence-electron chi connectivity index (χ4n) is 2.33. The molecule has 1 atom stereocenters. The topological polar surface area (TPSA) is 74.8 Å². The Morgan fingerprint density at radius 2 is 1.95 bits per heavy atom. The minimum atomic E-state index is -3.59. The second-order valence-corrected chi connectivity index (χ2v) is 10.9. The van der Waals surface area contributed by atoms with Crippen LogP contribution in [0.25, 0.3) is 0 Å². The Bertz CT molecular complexity index is 707. The van der Waals surface area contributed by atoms with Gasteiger partial charge in [-0.1, -0.05) is 0 Å². The average molecular weight is 353 g/mol. The van der Waals surface area contributed by atoms with Gasteiger partial charge >= 0.3 is 0 Å². The molecule has 1 saturated heterocycles. The van der Waals surface area contributed by atoms with E-state index in [4.69, 9.17) is 0 Å². The summed E-state index contributed by atoms with van der Waals surface area (Å²) in [5.74, 6) is 0. The van der Waals surface area contributed by atoms with Crippen molar-refractivity contribution in [2.45, 2.75) is 29.2 Å². The van der Waals surface area contributed by atoms with Crippen LogP contribution in [0.15, 0.2) is 15.7 Å². The Balaban J connectivity index is 2.26. The summed E-state index contributed by atoms with van der Waals surface area (Å²) < 4.78 is 52.3. The highest BCUT2D eigenvalue weighted by molar-refractivity contribution is 7.91. The number of thiophene rings is 1. The highest BCUT2D eigenvalue weighted by Crippen LogP contribution is 2.28. The maximum absolute atomic E-state index is 12.6. The van der Waals surface area contributed by atoms with Crippen molar-refractivity contribution in [1.82, 2.24) is 8.61 Å². The molecule has 2 rings (SSSR count). The molecule has 1 aliphatic rings. The second-order valence-electron chi connectivity index (χ2n) is 5.40. The molecule has 1 aliphatic heterocycles. The van der Waals surface area contributed by atoms with E-state index in [9.17, 15) is 16.8 Å². The van der Waals surface area contributed by atoms with Gasteiger partial charge in [0.05, 0.1) is 5.25 Å². The first kappa shape index (κ1) is 16.9. The van der Waals surface area contributed by atoms with Crippen LogP contribution in [0, 0.1) is 6.92 Å². The normalized spacial score (nSPS) is 21.8. The molecule has 120 valence electrons. The lowest BCUT2D eigenvalue weighted by Crippen LogP contribution is -2.47. The molecule has 0 aromatic carbocycles. The van der Waals surface area contributed by atoms with E-state index in [1.165, 1.54) is 34.0 Å². The van der Waals surface area contributed by atoms with Crippen molar-refractivity contribution in [3.8, 4) is 0 Å². The van der Waals surface area contributed by atoms with Crippen molar-refractivity contribution < 1.29 is 16.8 Å². The van der Waals surface area contributed by atoms with Crippen molar-refractivity contribution in [2.75, 3.05) is 27.2 Å². The van der Waals surface area contributed by atoms with E-state index >= 15 is 0 Å². The number of sulfonamides is 2. The first-order chi connectivity index (χ1) is 9.65. The van der Waals surface area contributed by atoms with Gasteiger partial charge in [-0.05, 0) is 36.8 Å². The van der Waals surface area contributed by atoms with Crippen LogP contribution in [-0.2, 0) is 20.0 Å². The zero-order valence-corrected chi connectivity index (χ0v) is 14.8. The van der Waals surface area contributed by atoms with Crippen LogP contribution in [0.5, 0.6) is 0 Å². The molecule has 9 heteroatoms. The number of aryl methyl sites for hydroxylation is 1. The van der Waals surface area contributed by atoms with Crippen LogP contribution in [0.2, 0.25) is 0 Å². The summed E-state index contributed by atoms with van der Waals surface area (Å²) in [6, 6.07) is 1.63. The van der Waals surface area contributed by atoms with Crippen LogP contribution in [0.4, 0.5) is 0 Å². The van der Waals surface area contributed by atoms with Gasteiger partial charge in [0.1, 0.15) is 4.21 Å². The molecule has 0 spiro atoms. The van der Waals surface area contributed by atoms with Crippen molar-refractivity contribution in [3.05, 3.63) is 17.0 Å². The predicted octanol–water partition coefficient (Wildman–Crippen LogP) is 1.10. The van der Waals surface area contributed by atoms with Gasteiger partial charge in [-0.25, -0.2) is 21.1 Å². The summed E-state index contributed by atoms with van der Waals surface area (Å²) in [6.45, 7) is 2.24. The highest BCUT2D eigenvalue weighted by atomic mass is 32.2. The predicted molar refractivity (Wildman–Crippen MR) is 83.4 cm³/mol. The smallest absolute Gasteiger partial charge is 0.212 e. The molecule has 0 N–H and O–H groups in total. The fraction of sp³-hybridized carbons (Fsp3) is 0.667. The number of hydrogen-bond acceptors (Lipinski definition) is 5. The molecule has 2 heterocycles. The van der Waals surface area contributed by atoms with Crippen LogP contribution in [0.3, 0.4) is 0 Å². The largest absolute Gasteiger partial charge is 0.252 e. The van der Waals surface area contributed by atoms with Gasteiger partial charge in [0.15, 0.2) is 0 Å². The van der Waals surface area contributed by atoms with Gasteiger partial charge in [0, 0.05) is 27.2 Å². The second kappa shape index (κ2) is 5.96. The third-order valence-electron chi connectivity index (χ3n) is 3.57. The van der Waals surface area contributed by atoms with Gasteiger partial charge in [0.2, 0.25) is 10.0 Å². The van der Waals surface area contributed by atoms with E-state index in [-0.39, 0.29) is 10.8 Å². The lowest BCUT2D eigenvalue weighted by Gasteiger charge is -2.32. The maximum Gasteiger partial charge on any atom is 0.252 e. The molecule has 6 nitrogen and oxygen atoms in total. The quantitative estimate of drug-likeness (QED) is 0.813. The van der Waals surface area contributed by atoms with Crippen LogP contribution in [0.1, 0.15) is 18.4 Å². The van der Waals surface area contributed by atoms with E-state index in [0.717, 1.165) is 5.56 Å². The molecular weight excluding hydrogens is 332 g/mol. The average Bonchev–Trinajstić information content (AvgIpc) is 2.86. The molecule has 1 aromatic rings. The zero-order valence-electron chi connectivity index (χ0n) is 12.3. The van der Waals surface area contributed by atoms with Crippen LogP contribution < -0.4 is 0 Å². The summed E-state index contributed by atoms with van der Waals surface area (Å²) in [5.41, 5.74) is 0.896. The minimum absolute atomic E-state index is 0.0276. The number of rotatable bonds is 4. The Labute approximate surface area is 130 Å². The molecular formula is C12H20N2O4S3. The van der Waals surface area contributed by atoms with Crippen LogP contribution in [-0.4, -0.2) is 57.9 Å². The highest BCUT2D eigenvalue weighted by Gasteiger charge is 2.37. The standard InChI is InChI=1S/C12H20N2O4S3/c1-10-7-12(19-9-10)21(17,18)14-6-4-5-11(8-14)20(15,16)13(2)3/h7,9,11H,4-6,8H2,1-3H3. The van der Waals surface area contributed by atoms with E-state index in [1.54, 1.807) is 11.4 Å². The van der Waals surface area contributed by atoms with Gasteiger partial charge < -0.3 is 0 Å². The number of nitrogens with zero attached hydrogens (tertiary/aromatic N) is 2. The maximum atomic E-state index is 12.6. The molecule has 1 fully saturated rings. The van der Waals surface area contributed by atoms with Gasteiger partial charge in [0.25, 0.3) is 10.0 Å². The molecule has 1 unspecified atom stereocenters. The summed E-state index contributed by atoms with van der Waals surface area (Å²) >= 11 is 1.18. The van der Waals surface area contributed by atoms with Crippen molar-refractivity contribution >= 4 is 31.4 Å². The molecule has 21 heavy (non-hydrogen) atoms. The van der Waals surface area contributed by atoms with Crippen LogP contribution >= 0.6 is 11.3 Å². The minimum Gasteiger partial charge on any atom is -0.212 e. The monoisotopic (exact) mass is 352 g/mol. The van der Waals surface area contributed by atoms with E-state index in [2.05, 4.69) is 0 Å². The molecule has 1 aromatic heterocycles. The third kappa shape index (κ3) is 3.31. The summed E-state index contributed by atoms with van der Waals surface area (Å²) in [5, 5.41) is 1.11. The molecule has 0 bridgehead atoms. The summed E-state index contributed by atoms with van der Waals surface area (Å²) in [7, 11) is -4.08. The lowest BCUT2D eigenvalue weighted by atomic mass is 10.2. The first-order valence-electron chi connectivity index (χ1n) is 6.62. The van der Waals surface area contributed by atoms with Gasteiger partial charge in [-0.2, -0.15) is 4.31 Å². The molecule has 0 aliphatic carbocycles. The lowest BCUT2D eigenvalue weighted by molar-refractivity contribution is 0.340. The number of piperidine rings is 1. The van der Waals surface area contributed by atoms with E-state index in [0.29, 0.717) is 19.4 Å². The number of hydrogen-bond donors (Lipinski definition) is 0. The third-order valence-corrected chi connectivity index (χ3v) is 9.22. The Morgan fingerprint density at radius 3 is 2.48 bits per heavy atom. The Hall–Kier alpha value is -0.480. The fourth-order valence-corrected chi connectivity index (χ4v) is 6.76. The van der Waals surface area contributed by atoms with E-state index in [1.807, 2.05) is 6.92 Å². The Morgan fingerprint density at radius 1 is 1.29 bits per heavy atom. The summed E-state index contributed by atoms with van der Waals surface area (Å²) in [6.07, 6.45) is 1.05. The van der Waals surface area contributed by atoms with Crippen molar-refractivity contribution in [1.29, 1.82) is 0 Å². The van der Waals surface area contributed by atoms with Gasteiger partial charge in [-0.3, -0.25) is 0 Å². The zero-order chi connectivity index (χ0) is 15.8. The molecule has 0 radical (unpaired) electrons. The van der Waals surface area contributed by atoms with Crippen molar-refractivity contribution in [2.24, 2.45) is 0 Å². The van der Waals surface area contributed by atoms with Gasteiger partial charge in [-0.15, -0.1) is 11.3 Å². The Kier molecular flexibility index (Phi) is 4.79. The molecule has 0 amide bonds. The van der Waals surface area contributed by atoms with Crippen molar-refractivity contribution in [3.63, 3.8) is 0 Å².